The molecule has 0 unspecified atom stereocenters. The quantitative estimate of drug-likeness (QED) is 0.875. The zero-order chi connectivity index (χ0) is 13.1. The maximum atomic E-state index is 5.40. The van der Waals surface area contributed by atoms with Crippen LogP contribution in [0.5, 0.6) is 0 Å². The first kappa shape index (κ1) is 12.5. The number of nitrogens with zero attached hydrogens (tertiary/aromatic N) is 3. The minimum absolute atomic E-state index is 0.605. The summed E-state index contributed by atoms with van der Waals surface area (Å²) >= 11 is 5.33. The third-order valence-electron chi connectivity index (χ3n) is 3.46. The third kappa shape index (κ3) is 2.74. The molecule has 3 rings (SSSR count). The van der Waals surface area contributed by atoms with E-state index in [4.69, 9.17) is 17.0 Å². The van der Waals surface area contributed by atoms with E-state index in [1.807, 2.05) is 18.3 Å². The molecule has 0 atom stereocenters. The van der Waals surface area contributed by atoms with E-state index in [-0.39, 0.29) is 0 Å². The van der Waals surface area contributed by atoms with Crippen molar-refractivity contribution in [1.82, 2.24) is 19.7 Å². The van der Waals surface area contributed by atoms with Crippen LogP contribution >= 0.6 is 12.2 Å². The van der Waals surface area contributed by atoms with Gasteiger partial charge in [0, 0.05) is 37.7 Å². The number of ether oxygens (including phenoxy) is 1. The third-order valence-corrected chi connectivity index (χ3v) is 3.77. The highest BCUT2D eigenvalue weighted by atomic mass is 32.1. The van der Waals surface area contributed by atoms with Crippen LogP contribution in [0.3, 0.4) is 0 Å². The van der Waals surface area contributed by atoms with E-state index in [1.165, 1.54) is 0 Å². The fourth-order valence-corrected chi connectivity index (χ4v) is 2.60. The highest BCUT2D eigenvalue weighted by molar-refractivity contribution is 7.71. The Morgan fingerprint density at radius 2 is 2.26 bits per heavy atom. The minimum Gasteiger partial charge on any atom is -0.381 e. The van der Waals surface area contributed by atoms with E-state index in [2.05, 4.69) is 19.7 Å². The molecule has 19 heavy (non-hydrogen) atoms. The molecule has 2 aromatic heterocycles. The van der Waals surface area contributed by atoms with Crippen molar-refractivity contribution >= 4 is 12.2 Å². The molecule has 3 heterocycles. The van der Waals surface area contributed by atoms with Gasteiger partial charge in [-0.05, 0) is 43.1 Å². The average molecular weight is 276 g/mol. The van der Waals surface area contributed by atoms with Gasteiger partial charge in [-0.3, -0.25) is 14.6 Å². The van der Waals surface area contributed by atoms with Gasteiger partial charge in [-0.1, -0.05) is 0 Å². The highest BCUT2D eigenvalue weighted by Crippen LogP contribution is 2.21. The molecule has 1 aliphatic rings. The molecular weight excluding hydrogens is 260 g/mol. The van der Waals surface area contributed by atoms with Gasteiger partial charge in [0.15, 0.2) is 10.6 Å². The van der Waals surface area contributed by atoms with Gasteiger partial charge in [0.05, 0.1) is 0 Å². The fourth-order valence-electron chi connectivity index (χ4n) is 2.39. The van der Waals surface area contributed by atoms with Crippen molar-refractivity contribution in [3.05, 3.63) is 29.3 Å². The molecule has 0 spiro atoms. The lowest BCUT2D eigenvalue weighted by Gasteiger charge is -2.22. The predicted molar refractivity (Wildman–Crippen MR) is 74.2 cm³/mol. The average Bonchev–Trinajstić information content (AvgIpc) is 2.82. The van der Waals surface area contributed by atoms with Crippen molar-refractivity contribution in [2.75, 3.05) is 13.2 Å². The van der Waals surface area contributed by atoms with Crippen molar-refractivity contribution in [3.63, 3.8) is 0 Å². The Morgan fingerprint density at radius 1 is 1.42 bits per heavy atom. The van der Waals surface area contributed by atoms with Crippen LogP contribution in [0.1, 0.15) is 12.8 Å². The van der Waals surface area contributed by atoms with E-state index >= 15 is 0 Å². The van der Waals surface area contributed by atoms with Crippen molar-refractivity contribution in [1.29, 1.82) is 0 Å². The summed E-state index contributed by atoms with van der Waals surface area (Å²) in [6, 6.07) is 3.91. The number of nitrogens with one attached hydrogen (secondary N) is 1. The molecule has 6 heteroatoms. The van der Waals surface area contributed by atoms with E-state index < -0.39 is 0 Å². The topological polar surface area (TPSA) is 55.7 Å². The second kappa shape index (κ2) is 5.63. The predicted octanol–water partition coefficient (Wildman–Crippen LogP) is 2.43. The lowest BCUT2D eigenvalue weighted by molar-refractivity contribution is 0.0612. The molecule has 1 aliphatic heterocycles. The first-order valence-corrected chi connectivity index (χ1v) is 6.89. The summed E-state index contributed by atoms with van der Waals surface area (Å²) in [6.45, 7) is 2.58. The number of aromatic nitrogens is 4. The van der Waals surface area contributed by atoms with Gasteiger partial charge in [-0.2, -0.15) is 5.10 Å². The van der Waals surface area contributed by atoms with E-state index in [1.54, 1.807) is 6.20 Å². The molecule has 1 saturated heterocycles. The first-order chi connectivity index (χ1) is 9.34. The Labute approximate surface area is 116 Å². The van der Waals surface area contributed by atoms with Crippen LogP contribution in [0.15, 0.2) is 24.5 Å². The summed E-state index contributed by atoms with van der Waals surface area (Å²) in [6.07, 6.45) is 5.73. The van der Waals surface area contributed by atoms with Gasteiger partial charge in [-0.15, -0.1) is 0 Å². The monoisotopic (exact) mass is 276 g/mol. The normalized spacial score (nSPS) is 16.6. The summed E-state index contributed by atoms with van der Waals surface area (Å²) in [5.74, 6) is 1.47. The molecule has 1 N–H and O–H groups in total. The van der Waals surface area contributed by atoms with Crippen molar-refractivity contribution in [2.45, 2.75) is 19.4 Å². The van der Waals surface area contributed by atoms with Crippen molar-refractivity contribution in [3.8, 4) is 11.4 Å². The van der Waals surface area contributed by atoms with Crippen LogP contribution in [0.4, 0.5) is 0 Å². The fraction of sp³-hybridized carbons (Fsp3) is 0.462. The largest absolute Gasteiger partial charge is 0.381 e. The molecular formula is C13H16N4OS. The molecule has 0 aliphatic carbocycles. The standard InChI is InChI=1S/C13H16N4OS/c19-13-16-15-12(11-2-1-5-14-8-11)17(13)9-10-3-6-18-7-4-10/h1-2,5,8,10H,3-4,6-7,9H2,(H,16,19). The van der Waals surface area contributed by atoms with Crippen LogP contribution in [0.25, 0.3) is 11.4 Å². The number of pyridine rings is 1. The second-order valence-electron chi connectivity index (χ2n) is 4.76. The van der Waals surface area contributed by atoms with Gasteiger partial charge < -0.3 is 4.74 Å². The van der Waals surface area contributed by atoms with E-state index in [0.29, 0.717) is 10.7 Å². The summed E-state index contributed by atoms with van der Waals surface area (Å²) in [4.78, 5) is 4.14. The maximum absolute atomic E-state index is 5.40. The van der Waals surface area contributed by atoms with Crippen LogP contribution in [-0.4, -0.2) is 33.0 Å². The lowest BCUT2D eigenvalue weighted by Crippen LogP contribution is -2.20. The van der Waals surface area contributed by atoms with Crippen LogP contribution < -0.4 is 0 Å². The van der Waals surface area contributed by atoms with Gasteiger partial charge >= 0.3 is 0 Å². The van der Waals surface area contributed by atoms with Crippen molar-refractivity contribution < 1.29 is 4.74 Å². The van der Waals surface area contributed by atoms with Gasteiger partial charge in [-0.25, -0.2) is 0 Å². The second-order valence-corrected chi connectivity index (χ2v) is 5.15. The molecule has 1 fully saturated rings. The Hall–Kier alpha value is -1.53. The lowest BCUT2D eigenvalue weighted by atomic mass is 10.0. The Bertz CT molecular complexity index is 586. The van der Waals surface area contributed by atoms with Crippen LogP contribution in [0.2, 0.25) is 0 Å². The SMILES string of the molecule is S=c1[nH]nc(-c2cccnc2)n1CC1CCOCC1. The van der Waals surface area contributed by atoms with Gasteiger partial charge in [0.1, 0.15) is 0 Å². The Morgan fingerprint density at radius 3 is 3.00 bits per heavy atom. The van der Waals surface area contributed by atoms with Crippen LogP contribution in [0, 0.1) is 10.7 Å². The minimum atomic E-state index is 0.605. The smallest absolute Gasteiger partial charge is 0.195 e. The van der Waals surface area contributed by atoms with Gasteiger partial charge in [0.25, 0.3) is 0 Å². The van der Waals surface area contributed by atoms with Crippen LogP contribution in [-0.2, 0) is 11.3 Å². The summed E-state index contributed by atoms with van der Waals surface area (Å²) < 4.78 is 8.14. The molecule has 0 amide bonds. The maximum Gasteiger partial charge on any atom is 0.195 e. The zero-order valence-corrected chi connectivity index (χ0v) is 11.4. The van der Waals surface area contributed by atoms with Crippen molar-refractivity contribution in [2.24, 2.45) is 5.92 Å². The number of hydrogen-bond acceptors (Lipinski definition) is 4. The summed E-state index contributed by atoms with van der Waals surface area (Å²) in [5.41, 5.74) is 0.988. The number of H-pyrrole nitrogens is 1. The Balaban J connectivity index is 1.88. The zero-order valence-electron chi connectivity index (χ0n) is 10.6. The Kier molecular flexibility index (Phi) is 3.70. The molecule has 2 aromatic rings. The molecule has 0 radical (unpaired) electrons. The number of rotatable bonds is 3. The number of hydrogen-bond donors (Lipinski definition) is 1. The molecule has 0 aromatic carbocycles. The first-order valence-electron chi connectivity index (χ1n) is 6.48. The van der Waals surface area contributed by atoms with E-state index in [0.717, 1.165) is 44.0 Å². The van der Waals surface area contributed by atoms with Gasteiger partial charge in [0.2, 0.25) is 0 Å². The molecule has 5 nitrogen and oxygen atoms in total. The van der Waals surface area contributed by atoms with E-state index in [9.17, 15) is 0 Å². The molecule has 0 saturated carbocycles. The summed E-state index contributed by atoms with van der Waals surface area (Å²) in [5, 5.41) is 7.21. The molecule has 0 bridgehead atoms. The summed E-state index contributed by atoms with van der Waals surface area (Å²) in [7, 11) is 0. The highest BCUT2D eigenvalue weighted by Gasteiger charge is 2.17. The molecule has 100 valence electrons. The number of aromatic amines is 1.